The Labute approximate surface area is 165 Å². The van der Waals surface area contributed by atoms with E-state index in [0.717, 1.165) is 0 Å². The molecule has 1 heterocycles. The van der Waals surface area contributed by atoms with Crippen molar-refractivity contribution in [3.05, 3.63) is 63.6 Å². The van der Waals surface area contributed by atoms with E-state index in [0.29, 0.717) is 22.8 Å². The number of thioether (sulfide) groups is 1. The SMILES string of the molecule is COc1ccc(S(=O)(=O)NC2NC(c3cccc([N+](=O)[O-])c3)=CS2)cc1OC. The molecule has 1 atom stereocenters. The molecule has 28 heavy (non-hydrogen) atoms. The van der Waals surface area contributed by atoms with Crippen LogP contribution in [0.15, 0.2) is 52.8 Å². The topological polar surface area (TPSA) is 120 Å². The molecule has 0 saturated carbocycles. The Kier molecular flexibility index (Phi) is 5.77. The van der Waals surface area contributed by atoms with Crippen molar-refractivity contribution in [2.45, 2.75) is 10.4 Å². The largest absolute Gasteiger partial charge is 0.493 e. The summed E-state index contributed by atoms with van der Waals surface area (Å²) in [6, 6.07) is 10.4. The van der Waals surface area contributed by atoms with E-state index in [9.17, 15) is 18.5 Å². The van der Waals surface area contributed by atoms with Crippen LogP contribution in [-0.2, 0) is 10.0 Å². The van der Waals surface area contributed by atoms with Crippen LogP contribution >= 0.6 is 11.8 Å². The Hall–Kier alpha value is -2.76. The second kappa shape index (κ2) is 8.09. The van der Waals surface area contributed by atoms with Gasteiger partial charge in [0.2, 0.25) is 10.0 Å². The third-order valence-electron chi connectivity index (χ3n) is 3.90. The standard InChI is InChI=1S/C17H17N3O6S2/c1-25-15-7-6-13(9-16(15)26-2)28(23,24)19-17-18-14(10-27-17)11-4-3-5-12(8-11)20(21)22/h3-10,17-19H,1-2H3. The number of sulfonamides is 1. The lowest BCUT2D eigenvalue weighted by Crippen LogP contribution is -2.39. The number of methoxy groups -OCH3 is 2. The number of hydrogen-bond acceptors (Lipinski definition) is 8. The van der Waals surface area contributed by atoms with E-state index < -0.39 is 20.4 Å². The summed E-state index contributed by atoms with van der Waals surface area (Å²) in [6.07, 6.45) is 0. The number of nitrogens with zero attached hydrogens (tertiary/aromatic N) is 1. The number of benzene rings is 2. The highest BCUT2D eigenvalue weighted by molar-refractivity contribution is 8.03. The summed E-state index contributed by atoms with van der Waals surface area (Å²) in [5.41, 5.74) is 0.482. The second-order valence-electron chi connectivity index (χ2n) is 5.64. The Balaban J connectivity index is 1.73. The van der Waals surface area contributed by atoms with E-state index in [4.69, 9.17) is 9.47 Å². The van der Waals surface area contributed by atoms with Crippen molar-refractivity contribution in [1.29, 1.82) is 0 Å². The fraction of sp³-hybridized carbons (Fsp3) is 0.176. The molecule has 0 radical (unpaired) electrons. The Bertz CT molecular complexity index is 1040. The maximum atomic E-state index is 12.7. The minimum atomic E-state index is -3.84. The molecule has 0 bridgehead atoms. The van der Waals surface area contributed by atoms with Gasteiger partial charge in [-0.2, -0.15) is 4.72 Å². The van der Waals surface area contributed by atoms with Crippen molar-refractivity contribution in [1.82, 2.24) is 10.0 Å². The molecule has 0 aromatic heterocycles. The molecule has 148 valence electrons. The normalized spacial score (nSPS) is 16.2. The van der Waals surface area contributed by atoms with E-state index in [2.05, 4.69) is 10.0 Å². The molecule has 0 aliphatic carbocycles. The molecule has 2 N–H and O–H groups in total. The van der Waals surface area contributed by atoms with Crippen LogP contribution in [0.3, 0.4) is 0 Å². The Morgan fingerprint density at radius 3 is 2.57 bits per heavy atom. The van der Waals surface area contributed by atoms with Gasteiger partial charge in [-0.3, -0.25) is 10.1 Å². The first-order valence-electron chi connectivity index (χ1n) is 7.95. The summed E-state index contributed by atoms with van der Waals surface area (Å²) in [5.74, 6) is 0.720. The number of nitrogens with one attached hydrogen (secondary N) is 2. The van der Waals surface area contributed by atoms with E-state index >= 15 is 0 Å². The van der Waals surface area contributed by atoms with E-state index in [1.165, 1.54) is 56.3 Å². The summed E-state index contributed by atoms with van der Waals surface area (Å²) >= 11 is 1.21. The summed E-state index contributed by atoms with van der Waals surface area (Å²) in [4.78, 5) is 10.5. The van der Waals surface area contributed by atoms with E-state index in [1.807, 2.05) is 0 Å². The first-order valence-corrected chi connectivity index (χ1v) is 10.4. The average Bonchev–Trinajstić information content (AvgIpc) is 3.15. The van der Waals surface area contributed by atoms with Crippen molar-refractivity contribution < 1.29 is 22.8 Å². The van der Waals surface area contributed by atoms with Crippen LogP contribution in [0, 0.1) is 10.1 Å². The lowest BCUT2D eigenvalue weighted by molar-refractivity contribution is -0.384. The molecule has 2 aromatic rings. The lowest BCUT2D eigenvalue weighted by atomic mass is 10.1. The number of nitro benzene ring substituents is 1. The predicted molar refractivity (Wildman–Crippen MR) is 105 cm³/mol. The number of ether oxygens (including phenoxy) is 2. The highest BCUT2D eigenvalue weighted by Gasteiger charge is 2.26. The molecule has 0 spiro atoms. The van der Waals surface area contributed by atoms with E-state index in [1.54, 1.807) is 17.5 Å². The number of hydrogen-bond donors (Lipinski definition) is 2. The molecule has 2 aromatic carbocycles. The monoisotopic (exact) mass is 423 g/mol. The van der Waals surface area contributed by atoms with Crippen molar-refractivity contribution in [3.63, 3.8) is 0 Å². The quantitative estimate of drug-likeness (QED) is 0.515. The minimum Gasteiger partial charge on any atom is -0.493 e. The fourth-order valence-electron chi connectivity index (χ4n) is 2.53. The van der Waals surface area contributed by atoms with Gasteiger partial charge in [0.05, 0.1) is 24.0 Å². The van der Waals surface area contributed by atoms with Gasteiger partial charge in [-0.1, -0.05) is 23.9 Å². The van der Waals surface area contributed by atoms with Crippen molar-refractivity contribution in [2.24, 2.45) is 0 Å². The van der Waals surface area contributed by atoms with Gasteiger partial charge in [0, 0.05) is 29.5 Å². The number of rotatable bonds is 7. The molecule has 3 rings (SSSR count). The van der Waals surface area contributed by atoms with Crippen LogP contribution in [-0.4, -0.2) is 33.1 Å². The van der Waals surface area contributed by atoms with Gasteiger partial charge in [0.15, 0.2) is 11.5 Å². The van der Waals surface area contributed by atoms with Gasteiger partial charge in [0.25, 0.3) is 5.69 Å². The Morgan fingerprint density at radius 2 is 1.89 bits per heavy atom. The van der Waals surface area contributed by atoms with Crippen molar-refractivity contribution in [3.8, 4) is 11.5 Å². The Morgan fingerprint density at radius 1 is 1.14 bits per heavy atom. The van der Waals surface area contributed by atoms with Crippen LogP contribution in [0.25, 0.3) is 5.70 Å². The molecule has 1 unspecified atom stereocenters. The van der Waals surface area contributed by atoms with Crippen LogP contribution in [0.5, 0.6) is 11.5 Å². The zero-order valence-corrected chi connectivity index (χ0v) is 16.5. The molecular weight excluding hydrogens is 406 g/mol. The van der Waals surface area contributed by atoms with E-state index in [-0.39, 0.29) is 10.6 Å². The van der Waals surface area contributed by atoms with Gasteiger partial charge in [0.1, 0.15) is 5.50 Å². The number of non-ortho nitro benzene ring substituents is 1. The summed E-state index contributed by atoms with van der Waals surface area (Å²) in [6.45, 7) is 0. The highest BCUT2D eigenvalue weighted by atomic mass is 32.2. The first-order chi connectivity index (χ1) is 13.3. The van der Waals surface area contributed by atoms with Gasteiger partial charge in [-0.05, 0) is 17.5 Å². The summed E-state index contributed by atoms with van der Waals surface area (Å²) in [7, 11) is -0.954. The molecule has 1 aliphatic heterocycles. The summed E-state index contributed by atoms with van der Waals surface area (Å²) < 4.78 is 38.1. The molecule has 11 heteroatoms. The van der Waals surface area contributed by atoms with Crippen LogP contribution < -0.4 is 19.5 Å². The average molecular weight is 423 g/mol. The molecule has 1 aliphatic rings. The predicted octanol–water partition coefficient (Wildman–Crippen LogP) is 2.51. The second-order valence-corrected chi connectivity index (χ2v) is 8.33. The van der Waals surface area contributed by atoms with Gasteiger partial charge < -0.3 is 14.8 Å². The third-order valence-corrected chi connectivity index (χ3v) is 6.35. The molecule has 0 fully saturated rings. The van der Waals surface area contributed by atoms with Crippen LogP contribution in [0.1, 0.15) is 5.56 Å². The zero-order chi connectivity index (χ0) is 20.3. The smallest absolute Gasteiger partial charge is 0.270 e. The molecule has 0 amide bonds. The van der Waals surface area contributed by atoms with Crippen LogP contribution in [0.4, 0.5) is 5.69 Å². The zero-order valence-electron chi connectivity index (χ0n) is 14.9. The molecule has 0 saturated heterocycles. The third kappa shape index (κ3) is 4.21. The maximum Gasteiger partial charge on any atom is 0.270 e. The van der Waals surface area contributed by atoms with Gasteiger partial charge in [-0.25, -0.2) is 8.42 Å². The van der Waals surface area contributed by atoms with Crippen molar-refractivity contribution in [2.75, 3.05) is 14.2 Å². The molecular formula is C17H17N3O6S2. The number of nitro groups is 1. The van der Waals surface area contributed by atoms with Gasteiger partial charge >= 0.3 is 0 Å². The summed E-state index contributed by atoms with van der Waals surface area (Å²) in [5, 5.41) is 15.6. The van der Waals surface area contributed by atoms with Gasteiger partial charge in [-0.15, -0.1) is 0 Å². The van der Waals surface area contributed by atoms with Crippen LogP contribution in [0.2, 0.25) is 0 Å². The maximum absolute atomic E-state index is 12.7. The van der Waals surface area contributed by atoms with Crippen molar-refractivity contribution >= 4 is 33.2 Å². The lowest BCUT2D eigenvalue weighted by Gasteiger charge is -2.16. The fourth-order valence-corrected chi connectivity index (χ4v) is 4.79. The highest BCUT2D eigenvalue weighted by Crippen LogP contribution is 2.31. The molecule has 9 nitrogen and oxygen atoms in total. The first kappa shape index (κ1) is 20.0. The minimum absolute atomic E-state index is 0.0244.